The molecule has 0 unspecified atom stereocenters. The number of hydrogen-bond donors (Lipinski definition) is 1. The minimum atomic E-state index is -0.454. The summed E-state index contributed by atoms with van der Waals surface area (Å²) in [5.74, 6) is -0.687. The summed E-state index contributed by atoms with van der Waals surface area (Å²) >= 11 is 3.03. The van der Waals surface area contributed by atoms with Crippen LogP contribution in [0.4, 0.5) is 4.39 Å². The van der Waals surface area contributed by atoms with Gasteiger partial charge in [-0.1, -0.05) is 0 Å². The van der Waals surface area contributed by atoms with Crippen LogP contribution in [0.1, 0.15) is 16.8 Å². The van der Waals surface area contributed by atoms with Gasteiger partial charge < -0.3 is 10.0 Å². The highest BCUT2D eigenvalue weighted by Crippen LogP contribution is 2.19. The van der Waals surface area contributed by atoms with E-state index in [4.69, 9.17) is 0 Å². The Balaban J connectivity index is 2.18. The third-order valence-electron chi connectivity index (χ3n) is 2.62. The summed E-state index contributed by atoms with van der Waals surface area (Å²) in [5.41, 5.74) is 0.315. The predicted octanol–water partition coefficient (Wildman–Crippen LogP) is 1.79. The van der Waals surface area contributed by atoms with Crippen molar-refractivity contribution < 1.29 is 14.3 Å². The molecular formula is C11H11BrFNO2. The number of aliphatic hydroxyl groups excluding tert-OH is 1. The van der Waals surface area contributed by atoms with Crippen LogP contribution < -0.4 is 0 Å². The van der Waals surface area contributed by atoms with Gasteiger partial charge in [0.2, 0.25) is 0 Å². The van der Waals surface area contributed by atoms with Crippen LogP contribution in [0.25, 0.3) is 0 Å². The van der Waals surface area contributed by atoms with E-state index >= 15 is 0 Å². The van der Waals surface area contributed by atoms with Crippen molar-refractivity contribution in [2.45, 2.75) is 12.5 Å². The topological polar surface area (TPSA) is 40.5 Å². The zero-order valence-electron chi connectivity index (χ0n) is 8.49. The average Bonchev–Trinajstić information content (AvgIpc) is 2.68. The van der Waals surface area contributed by atoms with Gasteiger partial charge in [0.15, 0.2) is 0 Å². The highest BCUT2D eigenvalue weighted by Gasteiger charge is 2.25. The van der Waals surface area contributed by atoms with Gasteiger partial charge in [-0.3, -0.25) is 4.79 Å². The average molecular weight is 288 g/mol. The van der Waals surface area contributed by atoms with Gasteiger partial charge in [-0.25, -0.2) is 4.39 Å². The number of hydrogen-bond acceptors (Lipinski definition) is 2. The lowest BCUT2D eigenvalue weighted by Gasteiger charge is -2.15. The predicted molar refractivity (Wildman–Crippen MR) is 60.6 cm³/mol. The normalized spacial score (nSPS) is 20.2. The highest BCUT2D eigenvalue weighted by molar-refractivity contribution is 9.10. The molecule has 1 N–H and O–H groups in total. The van der Waals surface area contributed by atoms with Gasteiger partial charge >= 0.3 is 0 Å². The van der Waals surface area contributed by atoms with Crippen LogP contribution >= 0.6 is 15.9 Å². The van der Waals surface area contributed by atoms with Crippen LogP contribution in [0.3, 0.4) is 0 Å². The van der Waals surface area contributed by atoms with E-state index in [-0.39, 0.29) is 5.91 Å². The number of benzene rings is 1. The second-order valence-electron chi connectivity index (χ2n) is 3.82. The number of rotatable bonds is 1. The van der Waals surface area contributed by atoms with Crippen LogP contribution in [0.15, 0.2) is 22.7 Å². The van der Waals surface area contributed by atoms with Gasteiger partial charge in [-0.2, -0.15) is 0 Å². The first-order chi connectivity index (χ1) is 7.58. The molecule has 1 aliphatic rings. The standard InChI is InChI=1S/C11H11BrFNO2/c12-9-2-1-7(5-10(9)13)11(16)14-4-3-8(15)6-14/h1-2,5,8,15H,3-4,6H2/t8-/m1/s1. The summed E-state index contributed by atoms with van der Waals surface area (Å²) in [4.78, 5) is 13.4. The largest absolute Gasteiger partial charge is 0.391 e. The molecule has 0 spiro atoms. The molecule has 0 saturated carbocycles. The molecule has 0 aliphatic carbocycles. The molecule has 1 fully saturated rings. The third kappa shape index (κ3) is 2.25. The Kier molecular flexibility index (Phi) is 3.25. The Morgan fingerprint density at radius 3 is 2.88 bits per heavy atom. The second-order valence-corrected chi connectivity index (χ2v) is 4.68. The molecule has 86 valence electrons. The van der Waals surface area contributed by atoms with E-state index in [0.717, 1.165) is 0 Å². The number of amides is 1. The van der Waals surface area contributed by atoms with Gasteiger partial charge in [0.25, 0.3) is 5.91 Å². The monoisotopic (exact) mass is 287 g/mol. The molecule has 0 bridgehead atoms. The van der Waals surface area contributed by atoms with Gasteiger partial charge in [0, 0.05) is 18.7 Å². The molecule has 16 heavy (non-hydrogen) atoms. The summed E-state index contributed by atoms with van der Waals surface area (Å²) in [7, 11) is 0. The Morgan fingerprint density at radius 2 is 2.31 bits per heavy atom. The maximum absolute atomic E-state index is 13.2. The summed E-state index contributed by atoms with van der Waals surface area (Å²) in [6.45, 7) is 0.855. The summed E-state index contributed by atoms with van der Waals surface area (Å²) in [6.07, 6.45) is 0.134. The van der Waals surface area contributed by atoms with Crippen LogP contribution in [0.2, 0.25) is 0 Å². The molecule has 1 amide bonds. The zero-order valence-corrected chi connectivity index (χ0v) is 10.1. The van der Waals surface area contributed by atoms with E-state index in [1.807, 2.05) is 0 Å². The number of aliphatic hydroxyl groups is 1. The number of nitrogens with zero attached hydrogens (tertiary/aromatic N) is 1. The fourth-order valence-electron chi connectivity index (χ4n) is 1.74. The molecule has 3 nitrogen and oxygen atoms in total. The third-order valence-corrected chi connectivity index (χ3v) is 3.26. The number of halogens is 2. The van der Waals surface area contributed by atoms with Crippen molar-refractivity contribution in [3.8, 4) is 0 Å². The van der Waals surface area contributed by atoms with Crippen molar-refractivity contribution in [2.24, 2.45) is 0 Å². The fourth-order valence-corrected chi connectivity index (χ4v) is 1.98. The fraction of sp³-hybridized carbons (Fsp3) is 0.364. The Bertz CT molecular complexity index is 424. The maximum Gasteiger partial charge on any atom is 0.254 e. The lowest BCUT2D eigenvalue weighted by molar-refractivity contribution is 0.0764. The number of β-amino-alcohol motifs (C(OH)–C–C–N with tert-alkyl or cyclic N) is 1. The maximum atomic E-state index is 13.2. The number of carbonyl (C=O) groups is 1. The van der Waals surface area contributed by atoms with Crippen LogP contribution in [-0.2, 0) is 0 Å². The van der Waals surface area contributed by atoms with E-state index in [0.29, 0.717) is 29.5 Å². The first-order valence-electron chi connectivity index (χ1n) is 5.00. The van der Waals surface area contributed by atoms with Gasteiger partial charge in [0.05, 0.1) is 10.6 Å². The molecule has 1 atom stereocenters. The van der Waals surface area contributed by atoms with Crippen molar-refractivity contribution in [1.29, 1.82) is 0 Å². The Morgan fingerprint density at radius 1 is 1.56 bits per heavy atom. The van der Waals surface area contributed by atoms with Gasteiger partial charge in [0.1, 0.15) is 5.82 Å². The van der Waals surface area contributed by atoms with E-state index in [9.17, 15) is 14.3 Å². The van der Waals surface area contributed by atoms with Crippen LogP contribution in [-0.4, -0.2) is 35.1 Å². The summed E-state index contributed by atoms with van der Waals surface area (Å²) in [5, 5.41) is 9.32. The van der Waals surface area contributed by atoms with Crippen molar-refractivity contribution in [3.63, 3.8) is 0 Å². The molecule has 1 heterocycles. The first-order valence-corrected chi connectivity index (χ1v) is 5.79. The van der Waals surface area contributed by atoms with Crippen LogP contribution in [0, 0.1) is 5.82 Å². The number of likely N-dealkylation sites (tertiary alicyclic amines) is 1. The van der Waals surface area contributed by atoms with E-state index in [1.54, 1.807) is 6.07 Å². The molecule has 1 aromatic carbocycles. The molecule has 2 rings (SSSR count). The van der Waals surface area contributed by atoms with Crippen molar-refractivity contribution in [2.75, 3.05) is 13.1 Å². The highest BCUT2D eigenvalue weighted by atomic mass is 79.9. The van der Waals surface area contributed by atoms with Crippen molar-refractivity contribution >= 4 is 21.8 Å². The zero-order chi connectivity index (χ0) is 11.7. The molecule has 5 heteroatoms. The summed E-state index contributed by atoms with van der Waals surface area (Å²) in [6, 6.07) is 4.28. The first kappa shape index (κ1) is 11.5. The van der Waals surface area contributed by atoms with Crippen molar-refractivity contribution in [1.82, 2.24) is 4.90 Å². The second kappa shape index (κ2) is 4.51. The van der Waals surface area contributed by atoms with Gasteiger partial charge in [-0.15, -0.1) is 0 Å². The van der Waals surface area contributed by atoms with E-state index in [2.05, 4.69) is 15.9 Å². The Labute approximate surface area is 101 Å². The van der Waals surface area contributed by atoms with Crippen LogP contribution in [0.5, 0.6) is 0 Å². The molecule has 1 aliphatic heterocycles. The summed E-state index contributed by atoms with van der Waals surface area (Å²) < 4.78 is 13.6. The Hall–Kier alpha value is -0.940. The van der Waals surface area contributed by atoms with Crippen molar-refractivity contribution in [3.05, 3.63) is 34.1 Å². The molecular weight excluding hydrogens is 277 g/mol. The number of carbonyl (C=O) groups excluding carboxylic acids is 1. The molecule has 1 saturated heterocycles. The SMILES string of the molecule is O=C(c1ccc(Br)c(F)c1)N1CC[C@@H](O)C1. The molecule has 0 radical (unpaired) electrons. The van der Waals surface area contributed by atoms with Gasteiger partial charge in [-0.05, 0) is 40.5 Å². The minimum absolute atomic E-state index is 0.233. The minimum Gasteiger partial charge on any atom is -0.391 e. The molecule has 0 aromatic heterocycles. The van der Waals surface area contributed by atoms with E-state index in [1.165, 1.54) is 17.0 Å². The smallest absolute Gasteiger partial charge is 0.254 e. The quantitative estimate of drug-likeness (QED) is 0.856. The van der Waals surface area contributed by atoms with E-state index < -0.39 is 11.9 Å². The lowest BCUT2D eigenvalue weighted by Crippen LogP contribution is -2.29. The molecule has 1 aromatic rings. The lowest BCUT2D eigenvalue weighted by atomic mass is 10.2.